The van der Waals surface area contributed by atoms with Crippen molar-refractivity contribution in [2.24, 2.45) is 5.84 Å². The molecule has 0 fully saturated rings. The van der Waals surface area contributed by atoms with Gasteiger partial charge in [0.05, 0.1) is 13.2 Å². The maximum absolute atomic E-state index is 6.09. The third kappa shape index (κ3) is 3.76. The highest BCUT2D eigenvalue weighted by molar-refractivity contribution is 6.31. The predicted molar refractivity (Wildman–Crippen MR) is 87.7 cm³/mol. The fourth-order valence-electron chi connectivity index (χ4n) is 2.44. The van der Waals surface area contributed by atoms with Crippen LogP contribution in [0.3, 0.4) is 0 Å². The molecular weight excluding hydrogens is 284 g/mol. The second-order valence-electron chi connectivity index (χ2n) is 5.25. The highest BCUT2D eigenvalue weighted by Gasteiger charge is 2.14. The summed E-state index contributed by atoms with van der Waals surface area (Å²) in [5.74, 6) is 6.63. The van der Waals surface area contributed by atoms with Gasteiger partial charge in [-0.25, -0.2) is 0 Å². The lowest BCUT2D eigenvalue weighted by Gasteiger charge is -2.19. The van der Waals surface area contributed by atoms with Gasteiger partial charge in [-0.3, -0.25) is 11.3 Å². The summed E-state index contributed by atoms with van der Waals surface area (Å²) in [6, 6.07) is 12.1. The summed E-state index contributed by atoms with van der Waals surface area (Å²) in [6.45, 7) is 4.06. The monoisotopic (exact) mass is 304 g/mol. The van der Waals surface area contributed by atoms with Crippen LogP contribution < -0.4 is 16.0 Å². The molecule has 112 valence electrons. The summed E-state index contributed by atoms with van der Waals surface area (Å²) in [5, 5.41) is 0.766. The molecule has 1 atom stereocenters. The van der Waals surface area contributed by atoms with Crippen LogP contribution in [0.5, 0.6) is 5.75 Å². The largest absolute Gasteiger partial charge is 0.496 e. The van der Waals surface area contributed by atoms with Crippen molar-refractivity contribution in [1.82, 2.24) is 5.43 Å². The van der Waals surface area contributed by atoms with Crippen molar-refractivity contribution in [3.63, 3.8) is 0 Å². The van der Waals surface area contributed by atoms with Crippen molar-refractivity contribution < 1.29 is 4.74 Å². The number of nitrogens with two attached hydrogens (primary N) is 1. The van der Waals surface area contributed by atoms with Gasteiger partial charge in [0.2, 0.25) is 0 Å². The molecule has 3 N–H and O–H groups in total. The van der Waals surface area contributed by atoms with Gasteiger partial charge in [0.15, 0.2) is 0 Å². The maximum atomic E-state index is 6.09. The summed E-state index contributed by atoms with van der Waals surface area (Å²) in [5.41, 5.74) is 7.38. The highest BCUT2D eigenvalue weighted by atomic mass is 35.5. The van der Waals surface area contributed by atoms with E-state index in [9.17, 15) is 0 Å². The van der Waals surface area contributed by atoms with E-state index in [0.29, 0.717) is 0 Å². The molecule has 0 saturated heterocycles. The molecule has 1 unspecified atom stereocenters. The number of methoxy groups -OCH3 is 1. The number of aryl methyl sites for hydroxylation is 2. The fourth-order valence-corrected chi connectivity index (χ4v) is 2.56. The van der Waals surface area contributed by atoms with E-state index in [1.165, 1.54) is 5.56 Å². The Morgan fingerprint density at radius 1 is 1.19 bits per heavy atom. The minimum absolute atomic E-state index is 0.0108. The third-order valence-corrected chi connectivity index (χ3v) is 4.07. The number of hydrogen-bond donors (Lipinski definition) is 2. The molecule has 0 bridgehead atoms. The summed E-state index contributed by atoms with van der Waals surface area (Å²) >= 11 is 6.09. The average Bonchev–Trinajstić information content (AvgIpc) is 2.48. The molecule has 2 rings (SSSR count). The Balaban J connectivity index is 2.30. The van der Waals surface area contributed by atoms with E-state index in [2.05, 4.69) is 24.5 Å². The zero-order chi connectivity index (χ0) is 15.4. The number of halogens is 1. The molecule has 4 heteroatoms. The number of hydrogen-bond acceptors (Lipinski definition) is 3. The van der Waals surface area contributed by atoms with Gasteiger partial charge < -0.3 is 4.74 Å². The first-order valence-corrected chi connectivity index (χ1v) is 7.28. The van der Waals surface area contributed by atoms with Crippen molar-refractivity contribution >= 4 is 11.6 Å². The van der Waals surface area contributed by atoms with Gasteiger partial charge in [0, 0.05) is 5.02 Å². The molecule has 2 aromatic rings. The van der Waals surface area contributed by atoms with Crippen LogP contribution in [0.25, 0.3) is 0 Å². The van der Waals surface area contributed by atoms with E-state index < -0.39 is 0 Å². The Labute approximate surface area is 131 Å². The van der Waals surface area contributed by atoms with E-state index >= 15 is 0 Å². The molecule has 0 saturated carbocycles. The van der Waals surface area contributed by atoms with E-state index in [1.54, 1.807) is 7.11 Å². The molecule has 0 heterocycles. The Morgan fingerprint density at radius 3 is 2.57 bits per heavy atom. The molecule has 0 radical (unpaired) electrons. The second-order valence-corrected chi connectivity index (χ2v) is 5.65. The predicted octanol–water partition coefficient (Wildman–Crippen LogP) is 3.71. The Hall–Kier alpha value is -1.55. The maximum Gasteiger partial charge on any atom is 0.122 e. The van der Waals surface area contributed by atoms with Gasteiger partial charge >= 0.3 is 0 Å². The first-order valence-electron chi connectivity index (χ1n) is 6.91. The van der Waals surface area contributed by atoms with Gasteiger partial charge in [0.25, 0.3) is 0 Å². The standard InChI is InChI=1S/C17H21ClN2O/c1-11-4-7-17(21-3)14(8-11)10-16(20-19)13-5-6-15(18)12(2)9-13/h4-9,16,20H,10,19H2,1-3H3. The van der Waals surface area contributed by atoms with Crippen LogP contribution >= 0.6 is 11.6 Å². The molecule has 3 nitrogen and oxygen atoms in total. The van der Waals surface area contributed by atoms with Gasteiger partial charge in [-0.1, -0.05) is 41.4 Å². The number of benzene rings is 2. The molecule has 0 aliphatic rings. The average molecular weight is 305 g/mol. The number of ether oxygens (including phenoxy) is 1. The summed E-state index contributed by atoms with van der Waals surface area (Å²) in [4.78, 5) is 0. The first kappa shape index (κ1) is 15.8. The molecule has 21 heavy (non-hydrogen) atoms. The van der Waals surface area contributed by atoms with Crippen molar-refractivity contribution in [2.75, 3.05) is 7.11 Å². The summed E-state index contributed by atoms with van der Waals surface area (Å²) < 4.78 is 5.43. The highest BCUT2D eigenvalue weighted by Crippen LogP contribution is 2.27. The number of rotatable bonds is 5. The van der Waals surface area contributed by atoms with Crippen molar-refractivity contribution in [3.05, 3.63) is 63.7 Å². The van der Waals surface area contributed by atoms with E-state index in [-0.39, 0.29) is 6.04 Å². The van der Waals surface area contributed by atoms with E-state index in [0.717, 1.165) is 33.9 Å². The Kier molecular flexibility index (Phi) is 5.23. The molecule has 2 aromatic carbocycles. The topological polar surface area (TPSA) is 47.3 Å². The summed E-state index contributed by atoms with van der Waals surface area (Å²) in [6.07, 6.45) is 0.752. The number of nitrogens with one attached hydrogen (secondary N) is 1. The van der Waals surface area contributed by atoms with E-state index in [1.807, 2.05) is 31.2 Å². The SMILES string of the molecule is COc1ccc(C)cc1CC(NN)c1ccc(Cl)c(C)c1. The fraction of sp³-hybridized carbons (Fsp3) is 0.294. The molecule has 0 aliphatic carbocycles. The second kappa shape index (κ2) is 6.94. The minimum Gasteiger partial charge on any atom is -0.496 e. The molecular formula is C17H21ClN2O. The summed E-state index contributed by atoms with van der Waals surface area (Å²) in [7, 11) is 1.69. The van der Waals surface area contributed by atoms with Crippen molar-refractivity contribution in [1.29, 1.82) is 0 Å². The van der Waals surface area contributed by atoms with Gasteiger partial charge in [-0.05, 0) is 49.1 Å². The van der Waals surface area contributed by atoms with E-state index in [4.69, 9.17) is 22.2 Å². The lowest BCUT2D eigenvalue weighted by atomic mass is 9.96. The van der Waals surface area contributed by atoms with Crippen LogP contribution in [0.2, 0.25) is 5.02 Å². The zero-order valence-corrected chi connectivity index (χ0v) is 13.4. The normalized spacial score (nSPS) is 12.2. The smallest absolute Gasteiger partial charge is 0.122 e. The van der Waals surface area contributed by atoms with Crippen LogP contribution in [0.4, 0.5) is 0 Å². The van der Waals surface area contributed by atoms with Crippen molar-refractivity contribution in [2.45, 2.75) is 26.3 Å². The molecule has 0 aromatic heterocycles. The molecule has 0 spiro atoms. The zero-order valence-electron chi connectivity index (χ0n) is 12.6. The van der Waals surface area contributed by atoms with Crippen LogP contribution in [0.1, 0.15) is 28.3 Å². The van der Waals surface area contributed by atoms with Crippen LogP contribution in [0, 0.1) is 13.8 Å². The third-order valence-electron chi connectivity index (χ3n) is 3.65. The lowest BCUT2D eigenvalue weighted by Crippen LogP contribution is -2.29. The Bertz CT molecular complexity index is 628. The Morgan fingerprint density at radius 2 is 1.95 bits per heavy atom. The van der Waals surface area contributed by atoms with Gasteiger partial charge in [-0.2, -0.15) is 0 Å². The van der Waals surface area contributed by atoms with Gasteiger partial charge in [-0.15, -0.1) is 0 Å². The molecule has 0 amide bonds. The molecule has 0 aliphatic heterocycles. The van der Waals surface area contributed by atoms with Crippen LogP contribution in [0.15, 0.2) is 36.4 Å². The van der Waals surface area contributed by atoms with Crippen LogP contribution in [-0.2, 0) is 6.42 Å². The van der Waals surface area contributed by atoms with Crippen LogP contribution in [-0.4, -0.2) is 7.11 Å². The van der Waals surface area contributed by atoms with Gasteiger partial charge in [0.1, 0.15) is 5.75 Å². The quantitative estimate of drug-likeness (QED) is 0.654. The number of hydrazine groups is 1. The first-order chi connectivity index (χ1) is 10.0. The lowest BCUT2D eigenvalue weighted by molar-refractivity contribution is 0.405. The van der Waals surface area contributed by atoms with Crippen molar-refractivity contribution in [3.8, 4) is 5.75 Å². The minimum atomic E-state index is 0.0108.